The summed E-state index contributed by atoms with van der Waals surface area (Å²) in [6, 6.07) is 21.4. The van der Waals surface area contributed by atoms with Crippen LogP contribution in [-0.4, -0.2) is 35.6 Å². The number of halogens is 1. The maximum atomic E-state index is 12.8. The number of imide groups is 1. The lowest BCUT2D eigenvalue weighted by Gasteiger charge is -2.13. The van der Waals surface area contributed by atoms with E-state index in [2.05, 4.69) is 5.32 Å². The lowest BCUT2D eigenvalue weighted by Crippen LogP contribution is -2.36. The van der Waals surface area contributed by atoms with Gasteiger partial charge in [-0.05, 0) is 53.7 Å². The fourth-order valence-electron chi connectivity index (χ4n) is 3.32. The second kappa shape index (κ2) is 11.1. The highest BCUT2D eigenvalue weighted by atomic mass is 35.5. The van der Waals surface area contributed by atoms with E-state index in [0.717, 1.165) is 22.2 Å². The summed E-state index contributed by atoms with van der Waals surface area (Å²) in [5.74, 6) is -0.0143. The molecular formula is C26H21ClN2O5S. The highest BCUT2D eigenvalue weighted by Crippen LogP contribution is 2.35. The van der Waals surface area contributed by atoms with E-state index < -0.39 is 17.1 Å². The molecule has 0 bridgehead atoms. The molecule has 35 heavy (non-hydrogen) atoms. The van der Waals surface area contributed by atoms with Gasteiger partial charge in [0.25, 0.3) is 11.1 Å². The smallest absolute Gasteiger partial charge is 0.294 e. The van der Waals surface area contributed by atoms with Crippen LogP contribution in [0.5, 0.6) is 11.5 Å². The maximum absolute atomic E-state index is 12.8. The van der Waals surface area contributed by atoms with E-state index in [1.165, 1.54) is 7.11 Å². The van der Waals surface area contributed by atoms with E-state index in [1.807, 2.05) is 24.3 Å². The highest BCUT2D eigenvalue weighted by Gasteiger charge is 2.36. The van der Waals surface area contributed by atoms with Crippen molar-refractivity contribution >= 4 is 52.2 Å². The van der Waals surface area contributed by atoms with Gasteiger partial charge in [-0.1, -0.05) is 54.1 Å². The minimum absolute atomic E-state index is 0.213. The first-order valence-electron chi connectivity index (χ1n) is 10.6. The van der Waals surface area contributed by atoms with Crippen molar-refractivity contribution < 1.29 is 23.9 Å². The van der Waals surface area contributed by atoms with Crippen molar-refractivity contribution in [2.75, 3.05) is 19.0 Å². The van der Waals surface area contributed by atoms with Gasteiger partial charge in [-0.25, -0.2) is 0 Å². The van der Waals surface area contributed by atoms with Crippen molar-refractivity contribution in [3.63, 3.8) is 0 Å². The number of rotatable bonds is 8. The highest BCUT2D eigenvalue weighted by molar-refractivity contribution is 8.18. The summed E-state index contributed by atoms with van der Waals surface area (Å²) in [5, 5.41) is 2.76. The average Bonchev–Trinajstić information content (AvgIpc) is 3.11. The van der Waals surface area contributed by atoms with Crippen LogP contribution in [0.4, 0.5) is 10.5 Å². The number of anilines is 1. The summed E-state index contributed by atoms with van der Waals surface area (Å²) in [6.07, 6.45) is 1.59. The van der Waals surface area contributed by atoms with Gasteiger partial charge in [-0.2, -0.15) is 0 Å². The number of benzene rings is 3. The molecule has 178 valence electrons. The molecule has 1 N–H and O–H groups in total. The Morgan fingerprint density at radius 2 is 1.77 bits per heavy atom. The molecule has 0 aromatic heterocycles. The lowest BCUT2D eigenvalue weighted by atomic mass is 10.1. The van der Waals surface area contributed by atoms with Crippen LogP contribution in [0.15, 0.2) is 77.7 Å². The Hall–Kier alpha value is -3.75. The van der Waals surface area contributed by atoms with E-state index in [9.17, 15) is 14.4 Å². The molecule has 0 aliphatic carbocycles. The topological polar surface area (TPSA) is 84.9 Å². The first kappa shape index (κ1) is 24.4. The number of hydrogen-bond donors (Lipinski definition) is 1. The van der Waals surface area contributed by atoms with Crippen molar-refractivity contribution in [1.29, 1.82) is 0 Å². The van der Waals surface area contributed by atoms with Crippen LogP contribution in [0, 0.1) is 0 Å². The zero-order chi connectivity index (χ0) is 24.8. The first-order valence-corrected chi connectivity index (χ1v) is 11.8. The molecule has 7 nitrogen and oxygen atoms in total. The number of para-hydroxylation sites is 1. The van der Waals surface area contributed by atoms with Crippen LogP contribution in [-0.2, 0) is 16.2 Å². The van der Waals surface area contributed by atoms with E-state index in [4.69, 9.17) is 21.1 Å². The molecular weight excluding hydrogens is 488 g/mol. The molecule has 1 aliphatic rings. The minimum atomic E-state index is -0.530. The molecule has 1 saturated heterocycles. The third kappa shape index (κ3) is 6.03. The van der Waals surface area contributed by atoms with Gasteiger partial charge >= 0.3 is 0 Å². The molecule has 1 heterocycles. The molecule has 9 heteroatoms. The Labute approximate surface area is 211 Å². The zero-order valence-electron chi connectivity index (χ0n) is 18.7. The molecule has 0 unspecified atom stereocenters. The van der Waals surface area contributed by atoms with Gasteiger partial charge in [-0.3, -0.25) is 19.3 Å². The summed E-state index contributed by atoms with van der Waals surface area (Å²) in [6.45, 7) is -0.141. The Balaban J connectivity index is 1.47. The normalized spacial score (nSPS) is 14.3. The largest absolute Gasteiger partial charge is 0.493 e. The number of carbonyl (C=O) groups is 3. The van der Waals surface area contributed by atoms with Crippen LogP contribution in [0.1, 0.15) is 11.1 Å². The van der Waals surface area contributed by atoms with Crippen molar-refractivity contribution in [2.45, 2.75) is 6.61 Å². The third-order valence-electron chi connectivity index (χ3n) is 5.06. The minimum Gasteiger partial charge on any atom is -0.493 e. The molecule has 0 atom stereocenters. The van der Waals surface area contributed by atoms with Crippen LogP contribution in [0.25, 0.3) is 6.08 Å². The number of thioether (sulfide) groups is 1. The fraction of sp³-hybridized carbons (Fsp3) is 0.115. The second-order valence-electron chi connectivity index (χ2n) is 7.47. The summed E-state index contributed by atoms with van der Waals surface area (Å²) in [4.78, 5) is 38.7. The van der Waals surface area contributed by atoms with Crippen molar-refractivity contribution in [3.05, 3.63) is 93.9 Å². The molecule has 0 saturated carbocycles. The molecule has 3 amide bonds. The van der Waals surface area contributed by atoms with Crippen LogP contribution < -0.4 is 14.8 Å². The monoisotopic (exact) mass is 508 g/mol. The van der Waals surface area contributed by atoms with Crippen LogP contribution in [0.3, 0.4) is 0 Å². The predicted molar refractivity (Wildman–Crippen MR) is 137 cm³/mol. The average molecular weight is 509 g/mol. The fourth-order valence-corrected chi connectivity index (χ4v) is 4.35. The molecule has 0 radical (unpaired) electrons. The molecule has 3 aromatic carbocycles. The zero-order valence-corrected chi connectivity index (χ0v) is 20.3. The van der Waals surface area contributed by atoms with E-state index in [0.29, 0.717) is 27.8 Å². The Morgan fingerprint density at radius 1 is 1.03 bits per heavy atom. The number of nitrogens with zero attached hydrogens (tertiary/aromatic N) is 1. The van der Waals surface area contributed by atoms with Gasteiger partial charge in [0.2, 0.25) is 5.91 Å². The van der Waals surface area contributed by atoms with Gasteiger partial charge < -0.3 is 14.8 Å². The molecule has 3 aromatic rings. The van der Waals surface area contributed by atoms with Gasteiger partial charge in [-0.15, -0.1) is 0 Å². The van der Waals surface area contributed by atoms with Crippen molar-refractivity contribution in [2.24, 2.45) is 0 Å². The van der Waals surface area contributed by atoms with Gasteiger partial charge in [0, 0.05) is 16.3 Å². The molecule has 4 rings (SSSR count). The van der Waals surface area contributed by atoms with Gasteiger partial charge in [0.15, 0.2) is 11.5 Å². The summed E-state index contributed by atoms with van der Waals surface area (Å²) < 4.78 is 11.3. The van der Waals surface area contributed by atoms with Crippen LogP contribution >= 0.6 is 23.4 Å². The SMILES string of the molecule is COc1ccc(/C=C2\SC(=O)N(CC(=O)Nc3ccccc3)C2=O)cc1OCc1ccccc1Cl. The van der Waals surface area contributed by atoms with E-state index in [1.54, 1.807) is 54.6 Å². The van der Waals surface area contributed by atoms with Crippen molar-refractivity contribution in [1.82, 2.24) is 4.90 Å². The quantitative estimate of drug-likeness (QED) is 0.398. The Bertz CT molecular complexity index is 1300. The standard InChI is InChI=1S/C26H21ClN2O5S/c1-33-21-12-11-17(13-22(21)34-16-18-7-5-6-10-20(18)27)14-23-25(31)29(26(32)35-23)15-24(30)28-19-8-3-2-4-9-19/h2-14H,15-16H2,1H3,(H,28,30)/b23-14-. The van der Waals surface area contributed by atoms with E-state index >= 15 is 0 Å². The van der Waals surface area contributed by atoms with Gasteiger partial charge in [0.1, 0.15) is 13.2 Å². The molecule has 1 aliphatic heterocycles. The number of amides is 3. The third-order valence-corrected chi connectivity index (χ3v) is 6.34. The first-order chi connectivity index (χ1) is 16.9. The van der Waals surface area contributed by atoms with Crippen molar-refractivity contribution in [3.8, 4) is 11.5 Å². The van der Waals surface area contributed by atoms with E-state index in [-0.39, 0.29) is 18.1 Å². The number of hydrogen-bond acceptors (Lipinski definition) is 6. The summed E-state index contributed by atoms with van der Waals surface area (Å²) >= 11 is 6.99. The predicted octanol–water partition coefficient (Wildman–Crippen LogP) is 5.60. The molecule has 0 spiro atoms. The number of methoxy groups -OCH3 is 1. The van der Waals surface area contributed by atoms with Gasteiger partial charge in [0.05, 0.1) is 12.0 Å². The number of nitrogens with one attached hydrogen (secondary N) is 1. The Morgan fingerprint density at radius 3 is 2.51 bits per heavy atom. The lowest BCUT2D eigenvalue weighted by molar-refractivity contribution is -0.127. The van der Waals surface area contributed by atoms with Crippen LogP contribution in [0.2, 0.25) is 5.02 Å². The molecule has 1 fully saturated rings. The maximum Gasteiger partial charge on any atom is 0.294 e. The number of ether oxygens (including phenoxy) is 2. The summed E-state index contributed by atoms with van der Waals surface area (Å²) in [5.41, 5.74) is 2.04. The second-order valence-corrected chi connectivity index (χ2v) is 8.87. The summed E-state index contributed by atoms with van der Waals surface area (Å²) in [7, 11) is 1.53. The Kier molecular flexibility index (Phi) is 7.74. The number of carbonyl (C=O) groups excluding carboxylic acids is 3.